The zero-order valence-electron chi connectivity index (χ0n) is 18.9. The van der Waals surface area contributed by atoms with Gasteiger partial charge in [0.1, 0.15) is 5.54 Å². The minimum absolute atomic E-state index is 0.0460. The summed E-state index contributed by atoms with van der Waals surface area (Å²) in [5.74, 6) is -0.0460. The summed E-state index contributed by atoms with van der Waals surface area (Å²) >= 11 is 0. The van der Waals surface area contributed by atoms with Crippen LogP contribution in [0.2, 0.25) is 0 Å². The third kappa shape index (κ3) is 4.71. The van der Waals surface area contributed by atoms with Crippen molar-refractivity contribution in [2.75, 3.05) is 46.4 Å². The Hall–Kier alpha value is -2.70. The largest absolute Gasteiger partial charge is 0.383 e. The Morgan fingerprint density at radius 3 is 1.94 bits per heavy atom. The Morgan fingerprint density at radius 2 is 1.38 bits per heavy atom. The van der Waals surface area contributed by atoms with Crippen LogP contribution >= 0.6 is 0 Å². The van der Waals surface area contributed by atoms with Crippen LogP contribution in [0.3, 0.4) is 0 Å². The van der Waals surface area contributed by atoms with E-state index in [-0.39, 0.29) is 11.9 Å². The fourth-order valence-electron chi connectivity index (χ4n) is 4.92. The summed E-state index contributed by atoms with van der Waals surface area (Å²) in [6.07, 6.45) is 3.12. The first kappa shape index (κ1) is 22.5. The lowest BCUT2D eigenvalue weighted by Crippen LogP contribution is -2.57. The van der Waals surface area contributed by atoms with E-state index in [9.17, 15) is 9.59 Å². The summed E-state index contributed by atoms with van der Waals surface area (Å²) in [4.78, 5) is 32.5. The van der Waals surface area contributed by atoms with E-state index in [0.717, 1.165) is 32.5 Å². The first-order valence-corrected chi connectivity index (χ1v) is 11.6. The van der Waals surface area contributed by atoms with Gasteiger partial charge in [-0.3, -0.25) is 9.69 Å². The van der Waals surface area contributed by atoms with Gasteiger partial charge in [-0.15, -0.1) is 0 Å². The summed E-state index contributed by atoms with van der Waals surface area (Å²) < 4.78 is 5.16. The molecule has 0 saturated carbocycles. The van der Waals surface area contributed by atoms with Crippen LogP contribution in [-0.4, -0.2) is 78.6 Å². The Labute approximate surface area is 190 Å². The maximum absolute atomic E-state index is 13.5. The molecule has 2 aliphatic rings. The number of carbonyl (C=O) groups excluding carboxylic acids is 2. The molecule has 32 heavy (non-hydrogen) atoms. The number of likely N-dealkylation sites (tertiary alicyclic amines) is 1. The van der Waals surface area contributed by atoms with Gasteiger partial charge in [0.25, 0.3) is 5.91 Å². The summed E-state index contributed by atoms with van der Waals surface area (Å²) in [6.45, 7) is 3.86. The van der Waals surface area contributed by atoms with E-state index in [4.69, 9.17) is 4.74 Å². The molecule has 2 aliphatic heterocycles. The summed E-state index contributed by atoms with van der Waals surface area (Å²) in [7, 11) is 1.60. The number of rotatable bonds is 9. The zero-order chi connectivity index (χ0) is 22.4. The SMILES string of the molecule is COCCN1C(=O)N(CCc2ccccc2)C2(CCN(CCc3ccccc3)CC2)C1=O. The van der Waals surface area contributed by atoms with Crippen molar-refractivity contribution >= 4 is 11.9 Å². The fourth-order valence-corrected chi connectivity index (χ4v) is 4.92. The van der Waals surface area contributed by atoms with Crippen molar-refractivity contribution in [3.63, 3.8) is 0 Å². The van der Waals surface area contributed by atoms with Crippen molar-refractivity contribution < 1.29 is 14.3 Å². The third-order valence-corrected chi connectivity index (χ3v) is 6.85. The molecule has 2 saturated heterocycles. The van der Waals surface area contributed by atoms with Crippen LogP contribution in [0.4, 0.5) is 4.79 Å². The van der Waals surface area contributed by atoms with E-state index in [2.05, 4.69) is 41.3 Å². The Morgan fingerprint density at radius 1 is 0.812 bits per heavy atom. The second-order valence-electron chi connectivity index (χ2n) is 8.73. The lowest BCUT2D eigenvalue weighted by atomic mass is 9.85. The highest BCUT2D eigenvalue weighted by atomic mass is 16.5. The second kappa shape index (κ2) is 10.3. The van der Waals surface area contributed by atoms with Crippen LogP contribution in [0.1, 0.15) is 24.0 Å². The molecule has 170 valence electrons. The molecule has 6 heteroatoms. The van der Waals surface area contributed by atoms with Gasteiger partial charge in [0, 0.05) is 33.3 Å². The monoisotopic (exact) mass is 435 g/mol. The van der Waals surface area contributed by atoms with E-state index in [1.54, 1.807) is 7.11 Å². The van der Waals surface area contributed by atoms with Crippen molar-refractivity contribution in [2.45, 2.75) is 31.2 Å². The van der Waals surface area contributed by atoms with Crippen molar-refractivity contribution in [2.24, 2.45) is 0 Å². The van der Waals surface area contributed by atoms with Crippen LogP contribution in [-0.2, 0) is 22.4 Å². The summed E-state index contributed by atoms with van der Waals surface area (Å²) in [5, 5.41) is 0. The molecule has 0 unspecified atom stereocenters. The Bertz CT molecular complexity index is 895. The highest BCUT2D eigenvalue weighted by Crippen LogP contribution is 2.37. The normalized spacial score (nSPS) is 18.7. The molecular weight excluding hydrogens is 402 g/mol. The zero-order valence-corrected chi connectivity index (χ0v) is 18.9. The first-order valence-electron chi connectivity index (χ1n) is 11.6. The van der Waals surface area contributed by atoms with Gasteiger partial charge in [0.05, 0.1) is 13.2 Å². The molecule has 4 rings (SSSR count). The number of benzene rings is 2. The van der Waals surface area contributed by atoms with E-state index in [1.807, 2.05) is 29.2 Å². The molecule has 0 radical (unpaired) electrons. The number of piperidine rings is 1. The number of imide groups is 1. The molecule has 1 spiro atoms. The molecule has 0 bridgehead atoms. The van der Waals surface area contributed by atoms with E-state index < -0.39 is 5.54 Å². The highest BCUT2D eigenvalue weighted by Gasteiger charge is 2.57. The van der Waals surface area contributed by atoms with E-state index >= 15 is 0 Å². The molecule has 0 N–H and O–H groups in total. The minimum atomic E-state index is -0.719. The van der Waals surface area contributed by atoms with E-state index in [1.165, 1.54) is 16.0 Å². The van der Waals surface area contributed by atoms with E-state index in [0.29, 0.717) is 32.5 Å². The van der Waals surface area contributed by atoms with Crippen LogP contribution in [0, 0.1) is 0 Å². The van der Waals surface area contributed by atoms with Crippen LogP contribution < -0.4 is 0 Å². The van der Waals surface area contributed by atoms with Crippen molar-refractivity contribution in [1.82, 2.24) is 14.7 Å². The van der Waals surface area contributed by atoms with Gasteiger partial charge < -0.3 is 14.5 Å². The van der Waals surface area contributed by atoms with Crippen LogP contribution in [0.25, 0.3) is 0 Å². The lowest BCUT2D eigenvalue weighted by molar-refractivity contribution is -0.136. The number of hydrogen-bond acceptors (Lipinski definition) is 4. The van der Waals surface area contributed by atoms with Crippen LogP contribution in [0.15, 0.2) is 60.7 Å². The number of hydrogen-bond donors (Lipinski definition) is 0. The fraction of sp³-hybridized carbons (Fsp3) is 0.462. The van der Waals surface area contributed by atoms with Crippen molar-refractivity contribution in [3.05, 3.63) is 71.8 Å². The highest BCUT2D eigenvalue weighted by molar-refractivity contribution is 6.07. The topological polar surface area (TPSA) is 53.1 Å². The minimum Gasteiger partial charge on any atom is -0.383 e. The van der Waals surface area contributed by atoms with Crippen LogP contribution in [0.5, 0.6) is 0 Å². The predicted molar refractivity (Wildman–Crippen MR) is 124 cm³/mol. The standard InChI is InChI=1S/C26H33N3O3/c1-32-21-20-28-24(30)26(29(25(28)31)17-13-23-10-6-3-7-11-23)14-18-27(19-15-26)16-12-22-8-4-2-5-9-22/h2-11H,12-21H2,1H3. The second-order valence-corrected chi connectivity index (χ2v) is 8.73. The van der Waals surface area contributed by atoms with Gasteiger partial charge in [0.15, 0.2) is 0 Å². The van der Waals surface area contributed by atoms with Gasteiger partial charge in [-0.05, 0) is 36.8 Å². The van der Waals surface area contributed by atoms with Gasteiger partial charge >= 0.3 is 6.03 Å². The third-order valence-electron chi connectivity index (χ3n) is 6.85. The molecule has 2 heterocycles. The Balaban J connectivity index is 1.44. The van der Waals surface area contributed by atoms with Gasteiger partial charge in [0.2, 0.25) is 0 Å². The van der Waals surface area contributed by atoms with Crippen molar-refractivity contribution in [1.29, 1.82) is 0 Å². The molecule has 2 aromatic carbocycles. The number of nitrogens with zero attached hydrogens (tertiary/aromatic N) is 3. The molecule has 0 aromatic heterocycles. The van der Waals surface area contributed by atoms with Gasteiger partial charge in [-0.25, -0.2) is 4.79 Å². The molecule has 3 amide bonds. The maximum atomic E-state index is 13.5. The number of ether oxygens (including phenoxy) is 1. The molecule has 6 nitrogen and oxygen atoms in total. The number of carbonyl (C=O) groups is 2. The number of methoxy groups -OCH3 is 1. The van der Waals surface area contributed by atoms with Gasteiger partial charge in [-0.2, -0.15) is 0 Å². The predicted octanol–water partition coefficient (Wildman–Crippen LogP) is 3.22. The molecule has 0 atom stereocenters. The number of amides is 3. The first-order chi connectivity index (χ1) is 15.6. The molecule has 2 aromatic rings. The molecule has 2 fully saturated rings. The number of urea groups is 1. The Kier molecular flexibility index (Phi) is 7.22. The quantitative estimate of drug-likeness (QED) is 0.568. The summed E-state index contributed by atoms with van der Waals surface area (Å²) in [6, 6.07) is 20.5. The summed E-state index contributed by atoms with van der Waals surface area (Å²) in [5.41, 5.74) is 1.79. The lowest BCUT2D eigenvalue weighted by Gasteiger charge is -2.42. The molecular formula is C26H33N3O3. The average molecular weight is 436 g/mol. The van der Waals surface area contributed by atoms with Crippen molar-refractivity contribution in [3.8, 4) is 0 Å². The van der Waals surface area contributed by atoms with Gasteiger partial charge in [-0.1, -0.05) is 60.7 Å². The smallest absolute Gasteiger partial charge is 0.327 e. The average Bonchev–Trinajstić information content (AvgIpc) is 3.03. The molecule has 0 aliphatic carbocycles. The maximum Gasteiger partial charge on any atom is 0.327 e.